The van der Waals surface area contributed by atoms with Gasteiger partial charge in [-0.05, 0) is 12.8 Å². The predicted molar refractivity (Wildman–Crippen MR) is 41.9 cm³/mol. The first-order valence-electron chi connectivity index (χ1n) is 4.10. The van der Waals surface area contributed by atoms with Crippen LogP contribution in [0.2, 0.25) is 0 Å². The summed E-state index contributed by atoms with van der Waals surface area (Å²) in [5.74, 6) is 0. The van der Waals surface area contributed by atoms with Crippen molar-refractivity contribution in [2.75, 3.05) is 6.61 Å². The summed E-state index contributed by atoms with van der Waals surface area (Å²) < 4.78 is 0. The summed E-state index contributed by atoms with van der Waals surface area (Å²) in [5.41, 5.74) is 0. The van der Waals surface area contributed by atoms with Crippen LogP contribution in [0.15, 0.2) is 0 Å². The van der Waals surface area contributed by atoms with Gasteiger partial charge in [-0.3, -0.25) is 0 Å². The SMILES string of the molecule is CCCCC[C@@H](O)CCO. The van der Waals surface area contributed by atoms with Crippen LogP contribution in [-0.4, -0.2) is 22.9 Å². The van der Waals surface area contributed by atoms with E-state index in [0.29, 0.717) is 6.42 Å². The molecule has 0 heterocycles. The molecular formula is C8H18O2. The first kappa shape index (κ1) is 9.92. The molecule has 0 aliphatic heterocycles. The van der Waals surface area contributed by atoms with Crippen molar-refractivity contribution in [1.82, 2.24) is 0 Å². The van der Waals surface area contributed by atoms with Crippen molar-refractivity contribution < 1.29 is 10.2 Å². The summed E-state index contributed by atoms with van der Waals surface area (Å²) in [7, 11) is 0. The molecule has 0 aromatic heterocycles. The van der Waals surface area contributed by atoms with Gasteiger partial charge in [-0.1, -0.05) is 26.2 Å². The summed E-state index contributed by atoms with van der Waals surface area (Å²) in [6, 6.07) is 0. The standard InChI is InChI=1S/C8H18O2/c1-2-3-4-5-8(10)6-7-9/h8-10H,2-7H2,1H3/t8-/m1/s1. The van der Waals surface area contributed by atoms with Crippen LogP contribution >= 0.6 is 0 Å². The van der Waals surface area contributed by atoms with Gasteiger partial charge in [0.25, 0.3) is 0 Å². The van der Waals surface area contributed by atoms with Gasteiger partial charge in [0.15, 0.2) is 0 Å². The Morgan fingerprint density at radius 2 is 1.90 bits per heavy atom. The molecule has 0 saturated heterocycles. The number of hydrogen-bond acceptors (Lipinski definition) is 2. The highest BCUT2D eigenvalue weighted by atomic mass is 16.3. The Labute approximate surface area is 62.9 Å². The quantitative estimate of drug-likeness (QED) is 0.555. The molecule has 0 bridgehead atoms. The second-order valence-electron chi connectivity index (χ2n) is 2.66. The minimum absolute atomic E-state index is 0.104. The monoisotopic (exact) mass is 146 g/mol. The molecule has 0 unspecified atom stereocenters. The topological polar surface area (TPSA) is 40.5 Å². The molecule has 1 atom stereocenters. The Hall–Kier alpha value is -0.0800. The van der Waals surface area contributed by atoms with Crippen molar-refractivity contribution in [3.8, 4) is 0 Å². The average Bonchev–Trinajstić information content (AvgIpc) is 1.89. The lowest BCUT2D eigenvalue weighted by molar-refractivity contribution is 0.122. The average molecular weight is 146 g/mol. The molecular weight excluding hydrogens is 128 g/mol. The summed E-state index contributed by atoms with van der Waals surface area (Å²) in [4.78, 5) is 0. The van der Waals surface area contributed by atoms with Crippen LogP contribution in [0.5, 0.6) is 0 Å². The van der Waals surface area contributed by atoms with Gasteiger partial charge in [-0.15, -0.1) is 0 Å². The molecule has 2 N–H and O–H groups in total. The van der Waals surface area contributed by atoms with E-state index in [4.69, 9.17) is 10.2 Å². The predicted octanol–water partition coefficient (Wildman–Crippen LogP) is 1.31. The number of hydrogen-bond donors (Lipinski definition) is 2. The number of aliphatic hydroxyl groups is 2. The Balaban J connectivity index is 2.97. The third-order valence-electron chi connectivity index (χ3n) is 1.60. The van der Waals surface area contributed by atoms with Gasteiger partial charge in [0, 0.05) is 6.61 Å². The Kier molecular flexibility index (Phi) is 6.98. The fourth-order valence-electron chi connectivity index (χ4n) is 0.923. The fourth-order valence-corrected chi connectivity index (χ4v) is 0.923. The third-order valence-corrected chi connectivity index (χ3v) is 1.60. The highest BCUT2D eigenvalue weighted by Crippen LogP contribution is 2.05. The Morgan fingerprint density at radius 1 is 1.20 bits per heavy atom. The molecule has 2 nitrogen and oxygen atoms in total. The molecule has 0 fully saturated rings. The first-order chi connectivity index (χ1) is 4.81. The van der Waals surface area contributed by atoms with Crippen molar-refractivity contribution in [3.63, 3.8) is 0 Å². The molecule has 10 heavy (non-hydrogen) atoms. The van der Waals surface area contributed by atoms with Gasteiger partial charge in [0.05, 0.1) is 6.10 Å². The highest BCUT2D eigenvalue weighted by molar-refractivity contribution is 4.53. The van der Waals surface area contributed by atoms with Crippen LogP contribution in [0.25, 0.3) is 0 Å². The van der Waals surface area contributed by atoms with Crippen LogP contribution in [0, 0.1) is 0 Å². The maximum absolute atomic E-state index is 9.12. The zero-order valence-corrected chi connectivity index (χ0v) is 6.71. The minimum atomic E-state index is -0.281. The summed E-state index contributed by atoms with van der Waals surface area (Å²) >= 11 is 0. The van der Waals surface area contributed by atoms with E-state index in [9.17, 15) is 0 Å². The van der Waals surface area contributed by atoms with Gasteiger partial charge >= 0.3 is 0 Å². The number of rotatable bonds is 6. The summed E-state index contributed by atoms with van der Waals surface area (Å²) in [6.45, 7) is 2.24. The molecule has 0 aliphatic rings. The molecule has 0 spiro atoms. The summed E-state index contributed by atoms with van der Waals surface area (Å²) in [6.07, 6.45) is 4.54. The van der Waals surface area contributed by atoms with E-state index >= 15 is 0 Å². The van der Waals surface area contributed by atoms with E-state index in [1.165, 1.54) is 12.8 Å². The number of unbranched alkanes of at least 4 members (excludes halogenated alkanes) is 2. The largest absolute Gasteiger partial charge is 0.396 e. The molecule has 0 radical (unpaired) electrons. The van der Waals surface area contributed by atoms with Crippen LogP contribution in [0.1, 0.15) is 39.0 Å². The van der Waals surface area contributed by atoms with Crippen LogP contribution in [-0.2, 0) is 0 Å². The molecule has 0 aromatic carbocycles. The zero-order valence-electron chi connectivity index (χ0n) is 6.71. The molecule has 0 aromatic rings. The van der Waals surface area contributed by atoms with E-state index in [1.54, 1.807) is 0 Å². The van der Waals surface area contributed by atoms with Crippen molar-refractivity contribution >= 4 is 0 Å². The smallest absolute Gasteiger partial charge is 0.0562 e. The van der Waals surface area contributed by atoms with Gasteiger partial charge in [-0.25, -0.2) is 0 Å². The van der Waals surface area contributed by atoms with Gasteiger partial charge in [0.1, 0.15) is 0 Å². The lowest BCUT2D eigenvalue weighted by Gasteiger charge is -2.06. The second-order valence-corrected chi connectivity index (χ2v) is 2.66. The first-order valence-corrected chi connectivity index (χ1v) is 4.10. The molecule has 0 rings (SSSR count). The molecule has 0 aliphatic carbocycles. The van der Waals surface area contributed by atoms with Gasteiger partial charge in [-0.2, -0.15) is 0 Å². The van der Waals surface area contributed by atoms with E-state index in [1.807, 2.05) is 0 Å². The van der Waals surface area contributed by atoms with Gasteiger partial charge in [0.2, 0.25) is 0 Å². The zero-order chi connectivity index (χ0) is 7.82. The van der Waals surface area contributed by atoms with Crippen LogP contribution < -0.4 is 0 Å². The molecule has 2 heteroatoms. The van der Waals surface area contributed by atoms with Crippen LogP contribution in [0.4, 0.5) is 0 Å². The van der Waals surface area contributed by atoms with E-state index < -0.39 is 0 Å². The van der Waals surface area contributed by atoms with E-state index in [2.05, 4.69) is 6.92 Å². The Bertz CT molecular complexity index is 64.3. The molecule has 0 saturated carbocycles. The fraction of sp³-hybridized carbons (Fsp3) is 1.00. The van der Waals surface area contributed by atoms with Crippen molar-refractivity contribution in [3.05, 3.63) is 0 Å². The van der Waals surface area contributed by atoms with E-state index in [0.717, 1.165) is 12.8 Å². The normalized spacial score (nSPS) is 13.5. The van der Waals surface area contributed by atoms with Gasteiger partial charge < -0.3 is 10.2 Å². The van der Waals surface area contributed by atoms with E-state index in [-0.39, 0.29) is 12.7 Å². The number of aliphatic hydroxyl groups excluding tert-OH is 2. The van der Waals surface area contributed by atoms with Crippen molar-refractivity contribution in [2.24, 2.45) is 0 Å². The highest BCUT2D eigenvalue weighted by Gasteiger charge is 2.00. The molecule has 0 amide bonds. The minimum Gasteiger partial charge on any atom is -0.396 e. The van der Waals surface area contributed by atoms with Crippen LogP contribution in [0.3, 0.4) is 0 Å². The van der Waals surface area contributed by atoms with Crippen molar-refractivity contribution in [1.29, 1.82) is 0 Å². The lowest BCUT2D eigenvalue weighted by atomic mass is 10.1. The lowest BCUT2D eigenvalue weighted by Crippen LogP contribution is -2.07. The molecule has 62 valence electrons. The Morgan fingerprint density at radius 3 is 2.40 bits per heavy atom. The summed E-state index contributed by atoms with van der Waals surface area (Å²) in [5, 5.41) is 17.5. The third kappa shape index (κ3) is 6.05. The maximum Gasteiger partial charge on any atom is 0.0562 e. The maximum atomic E-state index is 9.12. The van der Waals surface area contributed by atoms with Crippen molar-refractivity contribution in [2.45, 2.75) is 45.1 Å². The second kappa shape index (κ2) is 7.03.